The molecule has 0 saturated carbocycles. The van der Waals surface area contributed by atoms with E-state index in [2.05, 4.69) is 15.9 Å². The van der Waals surface area contributed by atoms with Crippen LogP contribution in [0.5, 0.6) is 5.75 Å². The van der Waals surface area contributed by atoms with Gasteiger partial charge in [-0.15, -0.1) is 0 Å². The predicted octanol–water partition coefficient (Wildman–Crippen LogP) is 2.44. The second-order valence-electron chi connectivity index (χ2n) is 3.33. The van der Waals surface area contributed by atoms with E-state index in [0.29, 0.717) is 17.9 Å². The second-order valence-corrected chi connectivity index (χ2v) is 4.18. The summed E-state index contributed by atoms with van der Waals surface area (Å²) in [7, 11) is 1.57. The Morgan fingerprint density at radius 2 is 2.29 bits per heavy atom. The SMILES string of the molecule is CCN(CC#N)C(=O)c1ccc(OC)c(Br)c1. The van der Waals surface area contributed by atoms with E-state index in [1.807, 2.05) is 13.0 Å². The van der Waals surface area contributed by atoms with Crippen LogP contribution >= 0.6 is 15.9 Å². The molecule has 0 N–H and O–H groups in total. The van der Waals surface area contributed by atoms with Crippen LogP contribution in [0.3, 0.4) is 0 Å². The standard InChI is InChI=1S/C12H13BrN2O2/c1-3-15(7-6-14)12(16)9-4-5-11(17-2)10(13)8-9/h4-5,8H,3,7H2,1-2H3. The van der Waals surface area contributed by atoms with E-state index >= 15 is 0 Å². The average molecular weight is 297 g/mol. The van der Waals surface area contributed by atoms with Gasteiger partial charge in [0.2, 0.25) is 0 Å². The molecule has 0 bridgehead atoms. The van der Waals surface area contributed by atoms with Gasteiger partial charge in [0.1, 0.15) is 12.3 Å². The molecule has 1 amide bonds. The Morgan fingerprint density at radius 3 is 2.76 bits per heavy atom. The van der Waals surface area contributed by atoms with Gasteiger partial charge in [-0.05, 0) is 41.1 Å². The minimum atomic E-state index is -0.155. The number of rotatable bonds is 4. The summed E-state index contributed by atoms with van der Waals surface area (Å²) in [6, 6.07) is 7.08. The van der Waals surface area contributed by atoms with Crippen LogP contribution in [-0.2, 0) is 0 Å². The number of nitriles is 1. The molecular weight excluding hydrogens is 284 g/mol. The minimum absolute atomic E-state index is 0.0962. The van der Waals surface area contributed by atoms with E-state index in [0.717, 1.165) is 4.47 Å². The van der Waals surface area contributed by atoms with Gasteiger partial charge >= 0.3 is 0 Å². The van der Waals surface area contributed by atoms with Gasteiger partial charge in [-0.2, -0.15) is 5.26 Å². The Morgan fingerprint density at radius 1 is 1.59 bits per heavy atom. The molecule has 0 heterocycles. The molecule has 0 fully saturated rings. The monoisotopic (exact) mass is 296 g/mol. The van der Waals surface area contributed by atoms with Crippen LogP contribution in [0.15, 0.2) is 22.7 Å². The molecule has 0 aliphatic heterocycles. The van der Waals surface area contributed by atoms with Crippen molar-refractivity contribution in [2.45, 2.75) is 6.92 Å². The third kappa shape index (κ3) is 3.21. The molecule has 5 heteroatoms. The van der Waals surface area contributed by atoms with Gasteiger partial charge in [-0.1, -0.05) is 0 Å². The van der Waals surface area contributed by atoms with Crippen molar-refractivity contribution >= 4 is 21.8 Å². The lowest BCUT2D eigenvalue weighted by molar-refractivity contribution is 0.0784. The smallest absolute Gasteiger partial charge is 0.254 e. The zero-order chi connectivity index (χ0) is 12.8. The Bertz CT molecular complexity index is 454. The Balaban J connectivity index is 2.97. The van der Waals surface area contributed by atoms with Crippen LogP contribution < -0.4 is 4.74 Å². The number of methoxy groups -OCH3 is 1. The summed E-state index contributed by atoms with van der Waals surface area (Å²) in [4.78, 5) is 13.5. The van der Waals surface area contributed by atoms with Gasteiger partial charge in [-0.25, -0.2) is 0 Å². The topological polar surface area (TPSA) is 53.3 Å². The average Bonchev–Trinajstić information content (AvgIpc) is 2.35. The molecule has 0 atom stereocenters. The van der Waals surface area contributed by atoms with Crippen LogP contribution in [-0.4, -0.2) is 31.0 Å². The van der Waals surface area contributed by atoms with Crippen LogP contribution in [0.4, 0.5) is 0 Å². The molecule has 0 unspecified atom stereocenters. The first-order valence-electron chi connectivity index (χ1n) is 5.13. The van der Waals surface area contributed by atoms with Crippen molar-refractivity contribution < 1.29 is 9.53 Å². The molecule has 90 valence electrons. The zero-order valence-electron chi connectivity index (χ0n) is 9.74. The fourth-order valence-corrected chi connectivity index (χ4v) is 1.94. The first kappa shape index (κ1) is 13.5. The van der Waals surface area contributed by atoms with Crippen LogP contribution in [0.25, 0.3) is 0 Å². The molecule has 17 heavy (non-hydrogen) atoms. The van der Waals surface area contributed by atoms with Crippen molar-refractivity contribution in [2.75, 3.05) is 20.2 Å². The molecule has 0 radical (unpaired) electrons. The van der Waals surface area contributed by atoms with Crippen molar-refractivity contribution in [1.29, 1.82) is 5.26 Å². The van der Waals surface area contributed by atoms with E-state index in [1.54, 1.807) is 25.3 Å². The highest BCUT2D eigenvalue weighted by molar-refractivity contribution is 9.10. The first-order chi connectivity index (χ1) is 8.13. The maximum absolute atomic E-state index is 12.0. The molecule has 0 aliphatic carbocycles. The predicted molar refractivity (Wildman–Crippen MR) is 67.9 cm³/mol. The highest BCUT2D eigenvalue weighted by Crippen LogP contribution is 2.25. The van der Waals surface area contributed by atoms with E-state index in [9.17, 15) is 4.79 Å². The lowest BCUT2D eigenvalue weighted by atomic mass is 10.2. The van der Waals surface area contributed by atoms with E-state index < -0.39 is 0 Å². The van der Waals surface area contributed by atoms with E-state index in [1.165, 1.54) is 4.90 Å². The summed E-state index contributed by atoms with van der Waals surface area (Å²) in [5.41, 5.74) is 0.537. The maximum Gasteiger partial charge on any atom is 0.254 e. The van der Waals surface area contributed by atoms with Crippen LogP contribution in [0.1, 0.15) is 17.3 Å². The zero-order valence-corrected chi connectivity index (χ0v) is 11.3. The Kier molecular flexibility index (Phi) is 4.98. The maximum atomic E-state index is 12.0. The number of halogens is 1. The minimum Gasteiger partial charge on any atom is -0.496 e. The third-order valence-electron chi connectivity index (χ3n) is 2.33. The molecule has 0 spiro atoms. The normalized spacial score (nSPS) is 9.53. The van der Waals surface area contributed by atoms with Crippen molar-refractivity contribution in [1.82, 2.24) is 4.90 Å². The lowest BCUT2D eigenvalue weighted by Gasteiger charge is -2.17. The highest BCUT2D eigenvalue weighted by atomic mass is 79.9. The molecule has 0 aromatic heterocycles. The number of ether oxygens (including phenoxy) is 1. The van der Waals surface area contributed by atoms with Gasteiger partial charge in [0.15, 0.2) is 0 Å². The van der Waals surface area contributed by atoms with Gasteiger partial charge in [0, 0.05) is 12.1 Å². The molecular formula is C12H13BrN2O2. The van der Waals surface area contributed by atoms with Crippen molar-refractivity contribution in [3.05, 3.63) is 28.2 Å². The molecule has 0 saturated heterocycles. The first-order valence-corrected chi connectivity index (χ1v) is 5.93. The van der Waals surface area contributed by atoms with Gasteiger partial charge < -0.3 is 9.64 Å². The third-order valence-corrected chi connectivity index (χ3v) is 2.95. The van der Waals surface area contributed by atoms with Gasteiger partial charge in [0.05, 0.1) is 17.7 Å². The number of nitrogens with zero attached hydrogens (tertiary/aromatic N) is 2. The number of benzene rings is 1. The summed E-state index contributed by atoms with van der Waals surface area (Å²) in [5, 5.41) is 8.63. The fraction of sp³-hybridized carbons (Fsp3) is 0.333. The number of hydrogen-bond acceptors (Lipinski definition) is 3. The molecule has 1 aromatic carbocycles. The van der Waals surface area contributed by atoms with Gasteiger partial charge in [-0.3, -0.25) is 4.79 Å². The quantitative estimate of drug-likeness (QED) is 0.802. The van der Waals surface area contributed by atoms with Gasteiger partial charge in [0.25, 0.3) is 5.91 Å². The number of carbonyl (C=O) groups excluding carboxylic acids is 1. The molecule has 1 rings (SSSR count). The van der Waals surface area contributed by atoms with Crippen LogP contribution in [0, 0.1) is 11.3 Å². The highest BCUT2D eigenvalue weighted by Gasteiger charge is 2.14. The van der Waals surface area contributed by atoms with Crippen molar-refractivity contribution in [2.24, 2.45) is 0 Å². The molecule has 0 aliphatic rings. The summed E-state index contributed by atoms with van der Waals surface area (Å²) in [6.45, 7) is 2.45. The van der Waals surface area contributed by atoms with E-state index in [-0.39, 0.29) is 12.5 Å². The Labute approximate surface area is 109 Å². The fourth-order valence-electron chi connectivity index (χ4n) is 1.39. The number of amides is 1. The number of carbonyl (C=O) groups is 1. The summed E-state index contributed by atoms with van der Waals surface area (Å²) >= 11 is 3.32. The summed E-state index contributed by atoms with van der Waals surface area (Å²) < 4.78 is 5.81. The largest absolute Gasteiger partial charge is 0.496 e. The van der Waals surface area contributed by atoms with E-state index in [4.69, 9.17) is 10.00 Å². The molecule has 4 nitrogen and oxygen atoms in total. The summed E-state index contributed by atoms with van der Waals surface area (Å²) in [6.07, 6.45) is 0. The number of hydrogen-bond donors (Lipinski definition) is 0. The lowest BCUT2D eigenvalue weighted by Crippen LogP contribution is -2.31. The molecule has 1 aromatic rings. The van der Waals surface area contributed by atoms with Crippen molar-refractivity contribution in [3.8, 4) is 11.8 Å². The van der Waals surface area contributed by atoms with Crippen LogP contribution in [0.2, 0.25) is 0 Å². The summed E-state index contributed by atoms with van der Waals surface area (Å²) in [5.74, 6) is 0.516. The van der Waals surface area contributed by atoms with Crippen molar-refractivity contribution in [3.63, 3.8) is 0 Å². The Hall–Kier alpha value is -1.54. The second kappa shape index (κ2) is 6.26.